The third-order valence-corrected chi connectivity index (χ3v) is 3.58. The molecule has 0 spiro atoms. The highest BCUT2D eigenvalue weighted by Crippen LogP contribution is 2.09. The van der Waals surface area contributed by atoms with Crippen LogP contribution in [0.1, 0.15) is 21.8 Å². The van der Waals surface area contributed by atoms with Crippen LogP contribution in [-0.2, 0) is 19.0 Å². The zero-order valence-electron chi connectivity index (χ0n) is 9.74. The number of nitrogens with one attached hydrogen (secondary N) is 1. The molecule has 1 aromatic heterocycles. The minimum atomic E-state index is 0.569. The van der Waals surface area contributed by atoms with Gasteiger partial charge in [-0.1, -0.05) is 24.3 Å². The lowest BCUT2D eigenvalue weighted by Crippen LogP contribution is -2.13. The van der Waals surface area contributed by atoms with Crippen LogP contribution in [0, 0.1) is 6.92 Å². The first-order valence-corrected chi connectivity index (χ1v) is 6.95. The number of hydrogen-bond donors (Lipinski definition) is 1. The molecule has 0 bridgehead atoms. The number of rotatable bonds is 5. The zero-order chi connectivity index (χ0) is 12.1. The fourth-order valence-electron chi connectivity index (χ4n) is 1.65. The van der Waals surface area contributed by atoms with Gasteiger partial charge in [-0.25, -0.2) is 4.98 Å². The van der Waals surface area contributed by atoms with Crippen molar-refractivity contribution < 1.29 is 0 Å². The average Bonchev–Trinajstić information content (AvgIpc) is 2.75. The maximum atomic E-state index is 5.80. The molecule has 1 aromatic carbocycles. The van der Waals surface area contributed by atoms with E-state index in [1.54, 1.807) is 11.3 Å². The molecular formula is C13H15ClN2S. The number of nitrogens with zero attached hydrogens (tertiary/aromatic N) is 1. The summed E-state index contributed by atoms with van der Waals surface area (Å²) in [7, 11) is 0. The molecule has 0 saturated heterocycles. The van der Waals surface area contributed by atoms with Crippen molar-refractivity contribution in [1.29, 1.82) is 0 Å². The van der Waals surface area contributed by atoms with Crippen molar-refractivity contribution in [2.45, 2.75) is 25.9 Å². The highest BCUT2D eigenvalue weighted by Gasteiger charge is 1.98. The van der Waals surface area contributed by atoms with E-state index in [1.807, 2.05) is 19.1 Å². The standard InChI is InChI=1S/C13H15ClN2S/c1-10-16-13(9-17-10)8-15-7-12-4-2-3-11(5-12)6-14/h2-5,9,15H,6-8H2,1H3. The number of aromatic nitrogens is 1. The van der Waals surface area contributed by atoms with Crippen LogP contribution in [0.15, 0.2) is 29.6 Å². The summed E-state index contributed by atoms with van der Waals surface area (Å²) in [6, 6.07) is 8.32. The van der Waals surface area contributed by atoms with Gasteiger partial charge in [-0.2, -0.15) is 0 Å². The van der Waals surface area contributed by atoms with Gasteiger partial charge < -0.3 is 5.32 Å². The van der Waals surface area contributed by atoms with E-state index in [1.165, 1.54) is 5.56 Å². The second-order valence-corrected chi connectivity index (χ2v) is 5.24. The number of halogens is 1. The molecule has 0 aliphatic carbocycles. The van der Waals surface area contributed by atoms with Crippen molar-refractivity contribution in [2.75, 3.05) is 0 Å². The molecule has 2 nitrogen and oxygen atoms in total. The molecule has 2 rings (SSSR count). The van der Waals surface area contributed by atoms with Crippen LogP contribution in [0.3, 0.4) is 0 Å². The summed E-state index contributed by atoms with van der Waals surface area (Å²) in [4.78, 5) is 4.41. The first-order chi connectivity index (χ1) is 8.28. The molecule has 1 N–H and O–H groups in total. The van der Waals surface area contributed by atoms with Gasteiger partial charge in [0.1, 0.15) is 0 Å². The van der Waals surface area contributed by atoms with E-state index in [0.29, 0.717) is 5.88 Å². The highest BCUT2D eigenvalue weighted by molar-refractivity contribution is 7.09. The molecule has 4 heteroatoms. The van der Waals surface area contributed by atoms with Crippen LogP contribution in [-0.4, -0.2) is 4.98 Å². The number of thiazole rings is 1. The van der Waals surface area contributed by atoms with Crippen molar-refractivity contribution in [3.05, 3.63) is 51.5 Å². The topological polar surface area (TPSA) is 24.9 Å². The van der Waals surface area contributed by atoms with Gasteiger partial charge >= 0.3 is 0 Å². The largest absolute Gasteiger partial charge is 0.307 e. The van der Waals surface area contributed by atoms with Gasteiger partial charge in [-0.15, -0.1) is 22.9 Å². The zero-order valence-corrected chi connectivity index (χ0v) is 11.3. The Kier molecular flexibility index (Phi) is 4.54. The number of aryl methyl sites for hydroxylation is 1. The van der Waals surface area contributed by atoms with Crippen LogP contribution >= 0.6 is 22.9 Å². The van der Waals surface area contributed by atoms with E-state index in [2.05, 4.69) is 27.8 Å². The van der Waals surface area contributed by atoms with E-state index < -0.39 is 0 Å². The Morgan fingerprint density at radius 3 is 2.82 bits per heavy atom. The molecule has 0 unspecified atom stereocenters. The lowest BCUT2D eigenvalue weighted by atomic mass is 10.1. The fraction of sp³-hybridized carbons (Fsp3) is 0.308. The van der Waals surface area contributed by atoms with Crippen molar-refractivity contribution in [2.24, 2.45) is 0 Å². The minimum Gasteiger partial charge on any atom is -0.307 e. The second kappa shape index (κ2) is 6.15. The Morgan fingerprint density at radius 2 is 2.12 bits per heavy atom. The fourth-order valence-corrected chi connectivity index (χ4v) is 2.43. The van der Waals surface area contributed by atoms with E-state index in [9.17, 15) is 0 Å². The van der Waals surface area contributed by atoms with Gasteiger partial charge in [-0.3, -0.25) is 0 Å². The van der Waals surface area contributed by atoms with Gasteiger partial charge in [0.05, 0.1) is 10.7 Å². The predicted octanol–water partition coefficient (Wildman–Crippen LogP) is 3.48. The summed E-state index contributed by atoms with van der Waals surface area (Å²) in [5.41, 5.74) is 3.53. The van der Waals surface area contributed by atoms with Crippen LogP contribution < -0.4 is 5.32 Å². The Morgan fingerprint density at radius 1 is 1.29 bits per heavy atom. The molecule has 0 aliphatic rings. The Hall–Kier alpha value is -0.900. The predicted molar refractivity (Wildman–Crippen MR) is 73.4 cm³/mol. The lowest BCUT2D eigenvalue weighted by Gasteiger charge is -2.04. The van der Waals surface area contributed by atoms with Gasteiger partial charge in [0.15, 0.2) is 0 Å². The quantitative estimate of drug-likeness (QED) is 0.838. The highest BCUT2D eigenvalue weighted by atomic mass is 35.5. The molecule has 90 valence electrons. The number of benzene rings is 1. The Bertz CT molecular complexity index is 482. The minimum absolute atomic E-state index is 0.569. The van der Waals surface area contributed by atoms with E-state index in [0.717, 1.165) is 29.4 Å². The van der Waals surface area contributed by atoms with Gasteiger partial charge in [0.2, 0.25) is 0 Å². The van der Waals surface area contributed by atoms with E-state index >= 15 is 0 Å². The monoisotopic (exact) mass is 266 g/mol. The molecule has 0 fully saturated rings. The molecule has 17 heavy (non-hydrogen) atoms. The molecular weight excluding hydrogens is 252 g/mol. The third-order valence-electron chi connectivity index (χ3n) is 2.45. The summed E-state index contributed by atoms with van der Waals surface area (Å²) in [6.45, 7) is 3.69. The smallest absolute Gasteiger partial charge is 0.0897 e. The van der Waals surface area contributed by atoms with E-state index in [-0.39, 0.29) is 0 Å². The first-order valence-electron chi connectivity index (χ1n) is 5.53. The van der Waals surface area contributed by atoms with Crippen LogP contribution in [0.2, 0.25) is 0 Å². The van der Waals surface area contributed by atoms with Crippen LogP contribution in [0.25, 0.3) is 0 Å². The maximum Gasteiger partial charge on any atom is 0.0897 e. The van der Waals surface area contributed by atoms with Gasteiger partial charge in [-0.05, 0) is 18.1 Å². The normalized spacial score (nSPS) is 10.7. The van der Waals surface area contributed by atoms with Gasteiger partial charge in [0.25, 0.3) is 0 Å². The molecule has 0 atom stereocenters. The van der Waals surface area contributed by atoms with Crippen LogP contribution in [0.5, 0.6) is 0 Å². The van der Waals surface area contributed by atoms with Gasteiger partial charge in [0, 0.05) is 24.3 Å². The Labute approximate surface area is 111 Å². The van der Waals surface area contributed by atoms with Crippen molar-refractivity contribution in [1.82, 2.24) is 10.3 Å². The van der Waals surface area contributed by atoms with E-state index in [4.69, 9.17) is 11.6 Å². The molecule has 2 aromatic rings. The summed E-state index contributed by atoms with van der Waals surface area (Å²) < 4.78 is 0. The van der Waals surface area contributed by atoms with Crippen LogP contribution in [0.4, 0.5) is 0 Å². The summed E-state index contributed by atoms with van der Waals surface area (Å²) in [6.07, 6.45) is 0. The summed E-state index contributed by atoms with van der Waals surface area (Å²) in [5, 5.41) is 6.60. The van der Waals surface area contributed by atoms with Crippen molar-refractivity contribution >= 4 is 22.9 Å². The maximum absolute atomic E-state index is 5.80. The third kappa shape index (κ3) is 3.80. The SMILES string of the molecule is Cc1nc(CNCc2cccc(CCl)c2)cs1. The number of hydrogen-bond acceptors (Lipinski definition) is 3. The molecule has 0 radical (unpaired) electrons. The van der Waals surface area contributed by atoms with Crippen molar-refractivity contribution in [3.8, 4) is 0 Å². The molecule has 1 heterocycles. The lowest BCUT2D eigenvalue weighted by molar-refractivity contribution is 0.681. The molecule has 0 aliphatic heterocycles. The summed E-state index contributed by atoms with van der Waals surface area (Å²) >= 11 is 7.49. The summed E-state index contributed by atoms with van der Waals surface area (Å²) in [5.74, 6) is 0.569. The Balaban J connectivity index is 1.85. The molecule has 0 amide bonds. The first kappa shape index (κ1) is 12.6. The molecule has 0 saturated carbocycles. The van der Waals surface area contributed by atoms with Crippen molar-refractivity contribution in [3.63, 3.8) is 0 Å². The average molecular weight is 267 g/mol. The number of alkyl halides is 1. The second-order valence-electron chi connectivity index (χ2n) is 3.91.